The number of unbranched alkanes of at least 4 members (excludes halogenated alkanes) is 1. The van der Waals surface area contributed by atoms with Gasteiger partial charge >= 0.3 is 29.6 Å². The van der Waals surface area contributed by atoms with Gasteiger partial charge in [0.1, 0.15) is 12.9 Å². The molecular weight excluding hydrogens is 127 g/mol. The minimum absolute atomic E-state index is 0. The van der Waals surface area contributed by atoms with E-state index >= 15 is 0 Å². The molecule has 0 fully saturated rings. The molecule has 0 aliphatic heterocycles. The van der Waals surface area contributed by atoms with Gasteiger partial charge in [0.05, 0.1) is 0 Å². The van der Waals surface area contributed by atoms with Gasteiger partial charge in [0, 0.05) is 6.61 Å². The molecular formula is C6H13NaO2. The van der Waals surface area contributed by atoms with Crippen molar-refractivity contribution in [2.24, 2.45) is 0 Å². The molecule has 0 unspecified atom stereocenters. The molecule has 0 heterocycles. The Balaban J connectivity index is 0. The molecule has 3 heteroatoms. The van der Waals surface area contributed by atoms with Crippen LogP contribution < -0.4 is 0 Å². The molecule has 0 saturated heterocycles. The molecule has 0 saturated carbocycles. The molecule has 2 nitrogen and oxygen atoms in total. The second-order valence-corrected chi connectivity index (χ2v) is 1.60. The summed E-state index contributed by atoms with van der Waals surface area (Å²) in [5, 5.41) is 0. The topological polar surface area (TPSA) is 26.3 Å². The van der Waals surface area contributed by atoms with E-state index in [1.807, 2.05) is 0 Å². The first-order valence-electron chi connectivity index (χ1n) is 2.93. The normalized spacial score (nSPS) is 8.11. The summed E-state index contributed by atoms with van der Waals surface area (Å²) in [7, 11) is 0. The molecule has 0 N–H and O–H groups in total. The number of carbonyl (C=O) groups excluding carboxylic acids is 1. The van der Waals surface area contributed by atoms with E-state index in [4.69, 9.17) is 4.74 Å². The molecule has 0 bridgehead atoms. The zero-order chi connectivity index (χ0) is 6.24. The summed E-state index contributed by atoms with van der Waals surface area (Å²) in [5.74, 6) is 0. The molecule has 9 heavy (non-hydrogen) atoms. The van der Waals surface area contributed by atoms with E-state index in [1.165, 1.54) is 0 Å². The number of hydrogen-bond acceptors (Lipinski definition) is 2. The maximum atomic E-state index is 9.64. The summed E-state index contributed by atoms with van der Waals surface area (Å²) in [5.41, 5.74) is 0. The quantitative estimate of drug-likeness (QED) is 0.313. The van der Waals surface area contributed by atoms with Crippen LogP contribution >= 0.6 is 0 Å². The average Bonchev–Trinajstić information content (AvgIpc) is 1.81. The predicted octanol–water partition coefficient (Wildman–Crippen LogP) is 0.353. The summed E-state index contributed by atoms with van der Waals surface area (Å²) in [4.78, 5) is 9.64. The van der Waals surface area contributed by atoms with Gasteiger partial charge in [-0.15, -0.1) is 0 Å². The van der Waals surface area contributed by atoms with Gasteiger partial charge in [0.25, 0.3) is 0 Å². The third kappa shape index (κ3) is 12.0. The van der Waals surface area contributed by atoms with Gasteiger partial charge in [-0.2, -0.15) is 0 Å². The Hall–Kier alpha value is 0.630. The Kier molecular flexibility index (Phi) is 15.6. The fraction of sp³-hybridized carbons (Fsp3) is 0.833. The van der Waals surface area contributed by atoms with E-state index in [-0.39, 0.29) is 36.2 Å². The van der Waals surface area contributed by atoms with E-state index in [9.17, 15) is 4.79 Å². The summed E-state index contributed by atoms with van der Waals surface area (Å²) in [6.45, 7) is 3.06. The van der Waals surface area contributed by atoms with Crippen molar-refractivity contribution in [3.63, 3.8) is 0 Å². The maximum absolute atomic E-state index is 9.64. The molecule has 0 aromatic heterocycles. The number of aldehydes is 1. The monoisotopic (exact) mass is 140 g/mol. The van der Waals surface area contributed by atoms with Gasteiger partial charge in [0.2, 0.25) is 0 Å². The van der Waals surface area contributed by atoms with E-state index in [0.717, 1.165) is 25.7 Å². The van der Waals surface area contributed by atoms with Crippen molar-refractivity contribution in [3.8, 4) is 0 Å². The standard InChI is InChI=1S/C6H12O2.Na.H/c1-2-3-5-8-6-4-7;;/h4H,2-3,5-6H2,1H3;;. The summed E-state index contributed by atoms with van der Waals surface area (Å²) >= 11 is 0. The first-order valence-corrected chi connectivity index (χ1v) is 2.93. The fourth-order valence-corrected chi connectivity index (χ4v) is 0.378. The van der Waals surface area contributed by atoms with Crippen molar-refractivity contribution in [1.29, 1.82) is 0 Å². The number of ether oxygens (including phenoxy) is 1. The number of carbonyl (C=O) groups is 1. The molecule has 0 aromatic carbocycles. The van der Waals surface area contributed by atoms with Crippen LogP contribution in [0, 0.1) is 0 Å². The van der Waals surface area contributed by atoms with Crippen LogP contribution in [0.2, 0.25) is 0 Å². The van der Waals surface area contributed by atoms with Crippen LogP contribution in [0.25, 0.3) is 0 Å². The van der Waals surface area contributed by atoms with Crippen LogP contribution in [-0.4, -0.2) is 49.1 Å². The fourth-order valence-electron chi connectivity index (χ4n) is 0.378. The van der Waals surface area contributed by atoms with Crippen LogP contribution in [0.3, 0.4) is 0 Å². The first-order chi connectivity index (χ1) is 3.91. The molecule has 0 aliphatic rings. The van der Waals surface area contributed by atoms with Crippen molar-refractivity contribution in [3.05, 3.63) is 0 Å². The molecule has 0 amide bonds. The molecule has 0 aromatic rings. The van der Waals surface area contributed by atoms with Crippen LogP contribution in [0.4, 0.5) is 0 Å². The van der Waals surface area contributed by atoms with Crippen LogP contribution in [0.1, 0.15) is 19.8 Å². The zero-order valence-electron chi connectivity index (χ0n) is 5.22. The summed E-state index contributed by atoms with van der Waals surface area (Å²) < 4.78 is 4.86. The molecule has 0 spiro atoms. The van der Waals surface area contributed by atoms with Gasteiger partial charge in [-0.25, -0.2) is 0 Å². The summed E-state index contributed by atoms with van der Waals surface area (Å²) in [6.07, 6.45) is 2.95. The molecule has 50 valence electrons. The molecule has 0 radical (unpaired) electrons. The predicted molar refractivity (Wildman–Crippen MR) is 38.9 cm³/mol. The number of hydrogen-bond donors (Lipinski definition) is 0. The Bertz CT molecular complexity index is 57.0. The molecule has 0 rings (SSSR count). The second kappa shape index (κ2) is 11.4. The molecule has 0 atom stereocenters. The Morgan fingerprint density at radius 1 is 1.56 bits per heavy atom. The average molecular weight is 140 g/mol. The summed E-state index contributed by atoms with van der Waals surface area (Å²) in [6, 6.07) is 0. The SMILES string of the molecule is CCCCOCC=O.[NaH]. The van der Waals surface area contributed by atoms with Crippen LogP contribution in [0.5, 0.6) is 0 Å². The Labute approximate surface area is 78.3 Å². The van der Waals surface area contributed by atoms with E-state index in [1.54, 1.807) is 0 Å². The van der Waals surface area contributed by atoms with Crippen LogP contribution in [-0.2, 0) is 9.53 Å². The van der Waals surface area contributed by atoms with Gasteiger partial charge < -0.3 is 9.53 Å². The van der Waals surface area contributed by atoms with Crippen molar-refractivity contribution < 1.29 is 9.53 Å². The zero-order valence-corrected chi connectivity index (χ0v) is 5.22. The van der Waals surface area contributed by atoms with E-state index < -0.39 is 0 Å². The van der Waals surface area contributed by atoms with Crippen molar-refractivity contribution in [2.75, 3.05) is 13.2 Å². The number of rotatable bonds is 5. The van der Waals surface area contributed by atoms with Crippen molar-refractivity contribution >= 4 is 35.8 Å². The van der Waals surface area contributed by atoms with Crippen LogP contribution in [0.15, 0.2) is 0 Å². The first kappa shape index (κ1) is 12.3. The Morgan fingerprint density at radius 2 is 2.22 bits per heavy atom. The van der Waals surface area contributed by atoms with E-state index in [0.29, 0.717) is 0 Å². The third-order valence-corrected chi connectivity index (χ3v) is 0.828. The van der Waals surface area contributed by atoms with Gasteiger partial charge in [-0.3, -0.25) is 0 Å². The second-order valence-electron chi connectivity index (χ2n) is 1.60. The van der Waals surface area contributed by atoms with Gasteiger partial charge in [-0.1, -0.05) is 13.3 Å². The van der Waals surface area contributed by atoms with E-state index in [2.05, 4.69) is 6.92 Å². The third-order valence-electron chi connectivity index (χ3n) is 0.828. The Morgan fingerprint density at radius 3 is 2.67 bits per heavy atom. The van der Waals surface area contributed by atoms with Crippen molar-refractivity contribution in [2.45, 2.75) is 19.8 Å². The van der Waals surface area contributed by atoms with Crippen molar-refractivity contribution in [1.82, 2.24) is 0 Å². The molecule has 0 aliphatic carbocycles. The van der Waals surface area contributed by atoms with Gasteiger partial charge in [0.15, 0.2) is 0 Å². The van der Waals surface area contributed by atoms with Gasteiger partial charge in [-0.05, 0) is 6.42 Å². The minimum atomic E-state index is 0.